The molecule has 1 aliphatic rings. The highest BCUT2D eigenvalue weighted by molar-refractivity contribution is 7.09. The molecule has 1 heterocycles. The summed E-state index contributed by atoms with van der Waals surface area (Å²) in [7, 11) is 0. The van der Waals surface area contributed by atoms with Crippen LogP contribution in [0.4, 0.5) is 0 Å². The monoisotopic (exact) mass is 280 g/mol. The minimum absolute atomic E-state index is 0.186. The Morgan fingerprint density at radius 3 is 2.68 bits per heavy atom. The topological polar surface area (TPSA) is 24.9 Å². The molecule has 1 aromatic heterocycles. The average molecular weight is 280 g/mol. The second kappa shape index (κ2) is 6.36. The SMILES string of the molecule is CCCNC(CCc1nc(C(C)(C)C)cs1)C1CC1. The van der Waals surface area contributed by atoms with E-state index in [1.165, 1.54) is 36.4 Å². The second-order valence-electron chi connectivity index (χ2n) is 6.81. The quantitative estimate of drug-likeness (QED) is 0.811. The maximum absolute atomic E-state index is 4.80. The van der Waals surface area contributed by atoms with Crippen molar-refractivity contribution in [1.82, 2.24) is 10.3 Å². The zero-order valence-corrected chi connectivity index (χ0v) is 13.6. The molecule has 0 amide bonds. The van der Waals surface area contributed by atoms with Crippen LogP contribution in [-0.4, -0.2) is 17.6 Å². The molecule has 0 aliphatic heterocycles. The summed E-state index contributed by atoms with van der Waals surface area (Å²) in [6.07, 6.45) is 6.47. The van der Waals surface area contributed by atoms with E-state index in [-0.39, 0.29) is 5.41 Å². The van der Waals surface area contributed by atoms with Crippen LogP contribution < -0.4 is 5.32 Å². The average Bonchev–Trinajstić information content (AvgIpc) is 3.05. The minimum atomic E-state index is 0.186. The minimum Gasteiger partial charge on any atom is -0.314 e. The smallest absolute Gasteiger partial charge is 0.0929 e. The van der Waals surface area contributed by atoms with Crippen LogP contribution >= 0.6 is 11.3 Å². The number of hydrogen-bond donors (Lipinski definition) is 1. The van der Waals surface area contributed by atoms with E-state index in [9.17, 15) is 0 Å². The Morgan fingerprint density at radius 1 is 1.42 bits per heavy atom. The van der Waals surface area contributed by atoms with E-state index in [1.54, 1.807) is 0 Å². The first-order valence-corrected chi connectivity index (χ1v) is 8.57. The number of aromatic nitrogens is 1. The summed E-state index contributed by atoms with van der Waals surface area (Å²) < 4.78 is 0. The third-order valence-corrected chi connectivity index (χ3v) is 4.75. The molecule has 0 aromatic carbocycles. The first-order chi connectivity index (χ1) is 9.00. The van der Waals surface area contributed by atoms with Crippen LogP contribution in [0, 0.1) is 5.92 Å². The molecule has 1 fully saturated rings. The highest BCUT2D eigenvalue weighted by atomic mass is 32.1. The third kappa shape index (κ3) is 4.57. The maximum atomic E-state index is 4.80. The van der Waals surface area contributed by atoms with Crippen LogP contribution in [0.2, 0.25) is 0 Å². The lowest BCUT2D eigenvalue weighted by Gasteiger charge is -2.17. The van der Waals surface area contributed by atoms with Gasteiger partial charge in [-0.25, -0.2) is 4.98 Å². The van der Waals surface area contributed by atoms with Gasteiger partial charge in [0.05, 0.1) is 10.7 Å². The zero-order chi connectivity index (χ0) is 13.9. The van der Waals surface area contributed by atoms with Gasteiger partial charge in [0.2, 0.25) is 0 Å². The van der Waals surface area contributed by atoms with Crippen molar-refractivity contribution in [2.45, 2.75) is 71.3 Å². The molecule has 0 bridgehead atoms. The van der Waals surface area contributed by atoms with Gasteiger partial charge >= 0.3 is 0 Å². The number of thiazole rings is 1. The highest BCUT2D eigenvalue weighted by Crippen LogP contribution is 2.35. The van der Waals surface area contributed by atoms with Crippen LogP contribution in [0.1, 0.15) is 64.1 Å². The van der Waals surface area contributed by atoms with E-state index in [0.29, 0.717) is 0 Å². The van der Waals surface area contributed by atoms with Crippen molar-refractivity contribution in [2.75, 3.05) is 6.54 Å². The molecular weight excluding hydrogens is 252 g/mol. The normalized spacial score (nSPS) is 17.7. The Bertz CT molecular complexity index is 388. The van der Waals surface area contributed by atoms with Gasteiger partial charge in [-0.15, -0.1) is 11.3 Å². The summed E-state index contributed by atoms with van der Waals surface area (Å²) in [6.45, 7) is 10.1. The van der Waals surface area contributed by atoms with Crippen molar-refractivity contribution >= 4 is 11.3 Å². The van der Waals surface area contributed by atoms with Crippen molar-refractivity contribution < 1.29 is 0 Å². The van der Waals surface area contributed by atoms with Gasteiger partial charge in [0.15, 0.2) is 0 Å². The highest BCUT2D eigenvalue weighted by Gasteiger charge is 2.30. The molecule has 1 N–H and O–H groups in total. The Balaban J connectivity index is 1.84. The molecule has 0 saturated heterocycles. The van der Waals surface area contributed by atoms with E-state index in [0.717, 1.165) is 24.9 Å². The van der Waals surface area contributed by atoms with Gasteiger partial charge in [0.25, 0.3) is 0 Å². The van der Waals surface area contributed by atoms with Crippen molar-refractivity contribution in [2.24, 2.45) is 5.92 Å². The Kier molecular flexibility index (Phi) is 5.02. The van der Waals surface area contributed by atoms with Gasteiger partial charge in [0.1, 0.15) is 0 Å². The molecule has 1 aliphatic carbocycles. The molecule has 1 saturated carbocycles. The van der Waals surface area contributed by atoms with Gasteiger partial charge in [-0.05, 0) is 38.1 Å². The number of nitrogens with zero attached hydrogens (tertiary/aromatic N) is 1. The van der Waals surface area contributed by atoms with Crippen molar-refractivity contribution in [1.29, 1.82) is 0 Å². The van der Waals surface area contributed by atoms with Crippen LogP contribution in [0.15, 0.2) is 5.38 Å². The first-order valence-electron chi connectivity index (χ1n) is 7.69. The molecule has 19 heavy (non-hydrogen) atoms. The van der Waals surface area contributed by atoms with Crippen molar-refractivity contribution in [3.8, 4) is 0 Å². The summed E-state index contributed by atoms with van der Waals surface area (Å²) in [5.41, 5.74) is 1.43. The van der Waals surface area contributed by atoms with Gasteiger partial charge in [-0.3, -0.25) is 0 Å². The Hall–Kier alpha value is -0.410. The summed E-state index contributed by atoms with van der Waals surface area (Å²) in [4.78, 5) is 4.80. The summed E-state index contributed by atoms with van der Waals surface area (Å²) >= 11 is 1.84. The van der Waals surface area contributed by atoms with Gasteiger partial charge in [-0.1, -0.05) is 27.7 Å². The molecule has 0 spiro atoms. The lowest BCUT2D eigenvalue weighted by molar-refractivity contribution is 0.435. The van der Waals surface area contributed by atoms with E-state index in [2.05, 4.69) is 38.4 Å². The van der Waals surface area contributed by atoms with Crippen LogP contribution in [0.25, 0.3) is 0 Å². The van der Waals surface area contributed by atoms with E-state index in [1.807, 2.05) is 11.3 Å². The Labute approximate surface area is 122 Å². The predicted molar refractivity (Wildman–Crippen MR) is 83.9 cm³/mol. The number of aryl methyl sites for hydroxylation is 1. The predicted octanol–water partition coefficient (Wildman–Crippen LogP) is 4.15. The molecule has 1 atom stereocenters. The second-order valence-corrected chi connectivity index (χ2v) is 7.76. The lowest BCUT2D eigenvalue weighted by Crippen LogP contribution is -2.32. The molecular formula is C16H28N2S. The molecule has 2 rings (SSSR count). The number of nitrogens with one attached hydrogen (secondary N) is 1. The fraction of sp³-hybridized carbons (Fsp3) is 0.812. The summed E-state index contributed by atoms with van der Waals surface area (Å²) in [5.74, 6) is 0.939. The standard InChI is InChI=1S/C16H28N2S/c1-5-10-17-13(12-6-7-12)8-9-15-18-14(11-19-15)16(2,3)4/h11-13,17H,5-10H2,1-4H3. The maximum Gasteiger partial charge on any atom is 0.0929 e. The fourth-order valence-corrected chi connectivity index (χ4v) is 3.42. The molecule has 1 aromatic rings. The van der Waals surface area contributed by atoms with Crippen LogP contribution in [0.3, 0.4) is 0 Å². The fourth-order valence-electron chi connectivity index (χ4n) is 2.38. The number of hydrogen-bond acceptors (Lipinski definition) is 3. The lowest BCUT2D eigenvalue weighted by atomic mass is 9.93. The molecule has 0 radical (unpaired) electrons. The summed E-state index contributed by atoms with van der Waals surface area (Å²) in [5, 5.41) is 7.27. The van der Waals surface area contributed by atoms with Gasteiger partial charge in [0, 0.05) is 23.3 Å². The van der Waals surface area contributed by atoms with Crippen LogP contribution in [-0.2, 0) is 11.8 Å². The Morgan fingerprint density at radius 2 is 2.16 bits per heavy atom. The third-order valence-electron chi connectivity index (χ3n) is 3.84. The van der Waals surface area contributed by atoms with E-state index < -0.39 is 0 Å². The van der Waals surface area contributed by atoms with Crippen LogP contribution in [0.5, 0.6) is 0 Å². The van der Waals surface area contributed by atoms with Crippen molar-refractivity contribution in [3.63, 3.8) is 0 Å². The van der Waals surface area contributed by atoms with E-state index in [4.69, 9.17) is 4.98 Å². The molecule has 2 nitrogen and oxygen atoms in total. The largest absolute Gasteiger partial charge is 0.314 e. The van der Waals surface area contributed by atoms with Crippen molar-refractivity contribution in [3.05, 3.63) is 16.1 Å². The number of rotatable bonds is 7. The zero-order valence-electron chi connectivity index (χ0n) is 12.8. The summed E-state index contributed by atoms with van der Waals surface area (Å²) in [6, 6.07) is 0.724. The molecule has 108 valence electrons. The van der Waals surface area contributed by atoms with E-state index >= 15 is 0 Å². The molecule has 1 unspecified atom stereocenters. The molecule has 3 heteroatoms. The van der Waals surface area contributed by atoms with Gasteiger partial charge < -0.3 is 5.32 Å². The van der Waals surface area contributed by atoms with Gasteiger partial charge in [-0.2, -0.15) is 0 Å². The first kappa shape index (κ1) is 15.0.